The Bertz CT molecular complexity index is 215. The quantitative estimate of drug-likeness (QED) is 0.449. The van der Waals surface area contributed by atoms with E-state index in [0.717, 1.165) is 12.8 Å². The van der Waals surface area contributed by atoms with Gasteiger partial charge >= 0.3 is 12.0 Å². The minimum Gasteiger partial charge on any atom is -0.480 e. The molecule has 1 aliphatic rings. The number of rotatable bonds is 4. The minimum atomic E-state index is -1.24. The van der Waals surface area contributed by atoms with Crippen LogP contribution in [0.5, 0.6) is 0 Å². The average molecular weight is 188 g/mol. The first-order valence-corrected chi connectivity index (χ1v) is 4.04. The number of urea groups is 1. The van der Waals surface area contributed by atoms with Crippen molar-refractivity contribution in [2.75, 3.05) is 6.61 Å². The molecule has 0 heterocycles. The van der Waals surface area contributed by atoms with Crippen molar-refractivity contribution in [3.63, 3.8) is 0 Å². The number of carbonyl (C=O) groups is 2. The third-order valence-electron chi connectivity index (χ3n) is 1.70. The Balaban J connectivity index is 2.26. The fourth-order valence-corrected chi connectivity index (χ4v) is 0.798. The van der Waals surface area contributed by atoms with Crippen molar-refractivity contribution in [3.05, 3.63) is 0 Å². The summed E-state index contributed by atoms with van der Waals surface area (Å²) in [6.07, 6.45) is 1.87. The lowest BCUT2D eigenvalue weighted by Crippen LogP contribution is -2.48. The van der Waals surface area contributed by atoms with E-state index >= 15 is 0 Å². The van der Waals surface area contributed by atoms with Crippen molar-refractivity contribution in [2.24, 2.45) is 0 Å². The van der Waals surface area contributed by atoms with Crippen LogP contribution in [0.4, 0.5) is 4.79 Å². The summed E-state index contributed by atoms with van der Waals surface area (Å²) < 4.78 is 0. The van der Waals surface area contributed by atoms with Crippen LogP contribution < -0.4 is 10.6 Å². The van der Waals surface area contributed by atoms with Crippen LogP contribution in [0.25, 0.3) is 0 Å². The monoisotopic (exact) mass is 188 g/mol. The molecule has 0 spiro atoms. The highest BCUT2D eigenvalue weighted by molar-refractivity contribution is 5.82. The summed E-state index contributed by atoms with van der Waals surface area (Å²) in [5, 5.41) is 21.7. The first-order valence-electron chi connectivity index (χ1n) is 4.04. The van der Waals surface area contributed by atoms with Gasteiger partial charge in [0, 0.05) is 6.04 Å². The van der Waals surface area contributed by atoms with Crippen LogP contribution in [0.1, 0.15) is 12.8 Å². The Hall–Kier alpha value is -1.30. The van der Waals surface area contributed by atoms with Crippen molar-refractivity contribution in [3.8, 4) is 0 Å². The molecule has 74 valence electrons. The Morgan fingerprint density at radius 2 is 2.08 bits per heavy atom. The fourth-order valence-electron chi connectivity index (χ4n) is 0.798. The van der Waals surface area contributed by atoms with E-state index in [-0.39, 0.29) is 6.04 Å². The third-order valence-corrected chi connectivity index (χ3v) is 1.70. The normalized spacial score (nSPS) is 17.6. The smallest absolute Gasteiger partial charge is 0.328 e. The molecule has 4 N–H and O–H groups in total. The molecule has 1 rings (SSSR count). The molecule has 0 aromatic rings. The summed E-state index contributed by atoms with van der Waals surface area (Å²) in [4.78, 5) is 21.3. The predicted molar refractivity (Wildman–Crippen MR) is 43.2 cm³/mol. The topological polar surface area (TPSA) is 98.7 Å². The molecule has 0 aromatic heterocycles. The number of aliphatic hydroxyl groups excluding tert-OH is 1. The summed E-state index contributed by atoms with van der Waals surface area (Å²) in [5.74, 6) is -1.24. The van der Waals surface area contributed by atoms with Gasteiger partial charge in [0.2, 0.25) is 0 Å². The number of carboxylic acids is 1. The van der Waals surface area contributed by atoms with Crippen molar-refractivity contribution in [1.29, 1.82) is 0 Å². The zero-order chi connectivity index (χ0) is 9.84. The van der Waals surface area contributed by atoms with E-state index in [1.54, 1.807) is 0 Å². The number of hydrogen-bond donors (Lipinski definition) is 4. The van der Waals surface area contributed by atoms with Crippen LogP contribution in [0.2, 0.25) is 0 Å². The van der Waals surface area contributed by atoms with Gasteiger partial charge in [-0.15, -0.1) is 0 Å². The number of amides is 2. The number of aliphatic carboxylic acids is 1. The van der Waals surface area contributed by atoms with Crippen LogP contribution >= 0.6 is 0 Å². The molecule has 0 saturated heterocycles. The number of aliphatic hydroxyl groups is 1. The number of nitrogens with one attached hydrogen (secondary N) is 2. The number of carbonyl (C=O) groups excluding carboxylic acids is 1. The van der Waals surface area contributed by atoms with E-state index in [1.807, 2.05) is 0 Å². The van der Waals surface area contributed by atoms with Crippen molar-refractivity contribution < 1.29 is 19.8 Å². The maximum Gasteiger partial charge on any atom is 0.328 e. The van der Waals surface area contributed by atoms with E-state index < -0.39 is 24.6 Å². The fraction of sp³-hybridized carbons (Fsp3) is 0.714. The Kier molecular flexibility index (Phi) is 3.07. The highest BCUT2D eigenvalue weighted by Gasteiger charge is 2.25. The van der Waals surface area contributed by atoms with Crippen LogP contribution in [0.15, 0.2) is 0 Å². The van der Waals surface area contributed by atoms with Gasteiger partial charge in [-0.25, -0.2) is 9.59 Å². The van der Waals surface area contributed by atoms with Gasteiger partial charge in [-0.1, -0.05) is 0 Å². The lowest BCUT2D eigenvalue weighted by atomic mass is 10.3. The minimum absolute atomic E-state index is 0.174. The number of hydrogen-bond acceptors (Lipinski definition) is 3. The maximum absolute atomic E-state index is 11.0. The Morgan fingerprint density at radius 3 is 2.46 bits per heavy atom. The predicted octanol–water partition coefficient (Wildman–Crippen LogP) is -1.11. The molecule has 2 amide bonds. The summed E-state index contributed by atoms with van der Waals surface area (Å²) in [6.45, 7) is -0.604. The van der Waals surface area contributed by atoms with Gasteiger partial charge in [-0.2, -0.15) is 0 Å². The molecule has 1 saturated carbocycles. The van der Waals surface area contributed by atoms with Gasteiger partial charge in [0.1, 0.15) is 0 Å². The SMILES string of the molecule is O=C(NC1CC1)NC(CO)C(=O)O. The molecular formula is C7H12N2O4. The Labute approximate surface area is 74.9 Å². The van der Waals surface area contributed by atoms with E-state index in [9.17, 15) is 9.59 Å². The highest BCUT2D eigenvalue weighted by Crippen LogP contribution is 2.18. The Morgan fingerprint density at radius 1 is 1.46 bits per heavy atom. The van der Waals surface area contributed by atoms with E-state index in [4.69, 9.17) is 10.2 Å². The van der Waals surface area contributed by atoms with Crippen LogP contribution in [0, 0.1) is 0 Å². The molecular weight excluding hydrogens is 176 g/mol. The summed E-state index contributed by atoms with van der Waals surface area (Å²) in [7, 11) is 0. The molecule has 6 heteroatoms. The van der Waals surface area contributed by atoms with Crippen LogP contribution in [-0.4, -0.2) is 40.9 Å². The van der Waals surface area contributed by atoms with Crippen LogP contribution in [-0.2, 0) is 4.79 Å². The zero-order valence-corrected chi connectivity index (χ0v) is 6.99. The van der Waals surface area contributed by atoms with Crippen molar-refractivity contribution in [1.82, 2.24) is 10.6 Å². The van der Waals surface area contributed by atoms with Gasteiger partial charge in [-0.3, -0.25) is 0 Å². The molecule has 0 aliphatic heterocycles. The van der Waals surface area contributed by atoms with Gasteiger partial charge in [0.15, 0.2) is 6.04 Å². The van der Waals surface area contributed by atoms with E-state index in [2.05, 4.69) is 10.6 Å². The maximum atomic E-state index is 11.0. The highest BCUT2D eigenvalue weighted by atomic mass is 16.4. The van der Waals surface area contributed by atoms with Gasteiger partial charge in [0.25, 0.3) is 0 Å². The molecule has 1 atom stereocenters. The van der Waals surface area contributed by atoms with Gasteiger partial charge in [-0.05, 0) is 12.8 Å². The van der Waals surface area contributed by atoms with Crippen molar-refractivity contribution in [2.45, 2.75) is 24.9 Å². The molecule has 6 nitrogen and oxygen atoms in total. The second-order valence-corrected chi connectivity index (χ2v) is 2.97. The van der Waals surface area contributed by atoms with Crippen LogP contribution in [0.3, 0.4) is 0 Å². The molecule has 1 fully saturated rings. The first-order chi connectivity index (χ1) is 6.13. The zero-order valence-electron chi connectivity index (χ0n) is 6.99. The molecule has 1 aliphatic carbocycles. The first kappa shape index (κ1) is 9.79. The van der Waals surface area contributed by atoms with Crippen molar-refractivity contribution >= 4 is 12.0 Å². The molecule has 0 aromatic carbocycles. The second-order valence-electron chi connectivity index (χ2n) is 2.97. The summed E-state index contributed by atoms with van der Waals surface area (Å²) in [6, 6.07) is -1.59. The van der Waals surface area contributed by atoms with Gasteiger partial charge in [0.05, 0.1) is 6.61 Å². The number of carboxylic acid groups (broad SMARTS) is 1. The molecule has 0 radical (unpaired) electrons. The van der Waals surface area contributed by atoms with Gasteiger partial charge < -0.3 is 20.8 Å². The molecule has 0 bridgehead atoms. The second kappa shape index (κ2) is 4.08. The lowest BCUT2D eigenvalue weighted by molar-refractivity contribution is -0.140. The third kappa shape index (κ3) is 3.29. The molecule has 1 unspecified atom stereocenters. The van der Waals surface area contributed by atoms with E-state index in [1.165, 1.54) is 0 Å². The summed E-state index contributed by atoms with van der Waals surface area (Å²) >= 11 is 0. The lowest BCUT2D eigenvalue weighted by Gasteiger charge is -2.11. The van der Waals surface area contributed by atoms with E-state index in [0.29, 0.717) is 0 Å². The molecule has 13 heavy (non-hydrogen) atoms. The largest absolute Gasteiger partial charge is 0.480 e. The average Bonchev–Trinajstić information content (AvgIpc) is 2.83. The standard InChI is InChI=1S/C7H12N2O4/c10-3-5(6(11)12)9-7(13)8-4-1-2-4/h4-5,10H,1-3H2,(H,11,12)(H2,8,9,13). The summed E-state index contributed by atoms with van der Waals surface area (Å²) in [5.41, 5.74) is 0.